The number of benzene rings is 1. The van der Waals surface area contributed by atoms with Crippen molar-refractivity contribution in [2.24, 2.45) is 10.9 Å². The van der Waals surface area contributed by atoms with Crippen molar-refractivity contribution >= 4 is 17.2 Å². The van der Waals surface area contributed by atoms with Crippen LogP contribution < -0.4 is 16.2 Å². The third-order valence-corrected chi connectivity index (χ3v) is 2.38. The number of anilines is 2. The van der Waals surface area contributed by atoms with Crippen molar-refractivity contribution in [2.45, 2.75) is 13.8 Å². The van der Waals surface area contributed by atoms with Crippen LogP contribution in [0.3, 0.4) is 0 Å². The molecule has 4 nitrogen and oxygen atoms in total. The van der Waals surface area contributed by atoms with Crippen molar-refractivity contribution in [1.29, 1.82) is 0 Å². The zero-order chi connectivity index (χ0) is 10.8. The Morgan fingerprint density at radius 1 is 1.33 bits per heavy atom. The fraction of sp³-hybridized carbons (Fsp3) is 0.364. The fourth-order valence-electron chi connectivity index (χ4n) is 1.47. The number of amidine groups is 1. The van der Waals surface area contributed by atoms with Crippen LogP contribution in [-0.4, -0.2) is 12.5 Å². The number of nitrogens with two attached hydrogens (primary N) is 1. The Balaban J connectivity index is 2.07. The van der Waals surface area contributed by atoms with Gasteiger partial charge in [-0.2, -0.15) is 0 Å². The molecule has 1 aromatic carbocycles. The number of nitrogens with one attached hydrogen (secondary N) is 1. The topological polar surface area (TPSA) is 53.6 Å². The summed E-state index contributed by atoms with van der Waals surface area (Å²) in [6.45, 7) is 4.91. The third-order valence-electron chi connectivity index (χ3n) is 2.38. The van der Waals surface area contributed by atoms with Gasteiger partial charge in [-0.25, -0.2) is 4.99 Å². The Kier molecular flexibility index (Phi) is 2.49. The van der Waals surface area contributed by atoms with Gasteiger partial charge < -0.3 is 5.73 Å². The Bertz CT molecular complexity index is 367. The zero-order valence-electron chi connectivity index (χ0n) is 9.07. The molecular formula is C11H16N4. The van der Waals surface area contributed by atoms with Gasteiger partial charge in [0.15, 0.2) is 0 Å². The van der Waals surface area contributed by atoms with E-state index in [4.69, 9.17) is 5.73 Å². The van der Waals surface area contributed by atoms with Crippen LogP contribution in [0.1, 0.15) is 13.8 Å². The average molecular weight is 204 g/mol. The molecule has 2 rings (SSSR count). The molecule has 80 valence electrons. The molecule has 3 N–H and O–H groups in total. The SMILES string of the molecule is CC(C)C1=NCN(c2ccc(N)cc2)N1. The molecule has 0 unspecified atom stereocenters. The van der Waals surface area contributed by atoms with Gasteiger partial charge in [0.05, 0.1) is 5.69 Å². The maximum atomic E-state index is 5.63. The van der Waals surface area contributed by atoms with E-state index in [1.807, 2.05) is 29.3 Å². The molecule has 1 heterocycles. The maximum Gasteiger partial charge on any atom is 0.131 e. The molecular weight excluding hydrogens is 188 g/mol. The van der Waals surface area contributed by atoms with Crippen molar-refractivity contribution in [1.82, 2.24) is 5.43 Å². The van der Waals surface area contributed by atoms with Crippen LogP contribution >= 0.6 is 0 Å². The highest BCUT2D eigenvalue weighted by Gasteiger charge is 2.16. The first-order chi connectivity index (χ1) is 7.16. The van der Waals surface area contributed by atoms with Crippen molar-refractivity contribution in [3.8, 4) is 0 Å². The molecule has 15 heavy (non-hydrogen) atoms. The first-order valence-electron chi connectivity index (χ1n) is 5.11. The molecule has 0 saturated heterocycles. The predicted octanol–water partition coefficient (Wildman–Crippen LogP) is 1.61. The largest absolute Gasteiger partial charge is 0.399 e. The number of hydrazine groups is 1. The summed E-state index contributed by atoms with van der Waals surface area (Å²) >= 11 is 0. The van der Waals surface area contributed by atoms with E-state index in [0.29, 0.717) is 12.6 Å². The van der Waals surface area contributed by atoms with Crippen molar-refractivity contribution in [2.75, 3.05) is 17.4 Å². The fourth-order valence-corrected chi connectivity index (χ4v) is 1.47. The second kappa shape index (κ2) is 3.81. The summed E-state index contributed by atoms with van der Waals surface area (Å²) in [6.07, 6.45) is 0. The van der Waals surface area contributed by atoms with Crippen LogP contribution in [-0.2, 0) is 0 Å². The van der Waals surface area contributed by atoms with Crippen LogP contribution in [0.4, 0.5) is 11.4 Å². The smallest absolute Gasteiger partial charge is 0.131 e. The standard InChI is InChI=1S/C11H16N4/c1-8(2)11-13-7-15(14-11)10-5-3-9(12)4-6-10/h3-6,8H,7,12H2,1-2H3,(H,13,14). The number of aliphatic imine (C=N–C) groups is 1. The van der Waals surface area contributed by atoms with Gasteiger partial charge in [0.25, 0.3) is 0 Å². The molecule has 1 aromatic rings. The number of hydrogen-bond acceptors (Lipinski definition) is 4. The Morgan fingerprint density at radius 2 is 2.00 bits per heavy atom. The summed E-state index contributed by atoms with van der Waals surface area (Å²) in [4.78, 5) is 4.42. The molecule has 0 saturated carbocycles. The lowest BCUT2D eigenvalue weighted by Gasteiger charge is -2.19. The zero-order valence-corrected chi connectivity index (χ0v) is 9.07. The van der Waals surface area contributed by atoms with Crippen LogP contribution in [0.2, 0.25) is 0 Å². The lowest BCUT2D eigenvalue weighted by molar-refractivity contribution is 0.796. The highest BCUT2D eigenvalue weighted by atomic mass is 15.6. The maximum absolute atomic E-state index is 5.63. The average Bonchev–Trinajstić information content (AvgIpc) is 2.68. The van der Waals surface area contributed by atoms with E-state index < -0.39 is 0 Å². The molecule has 0 radical (unpaired) electrons. The summed E-state index contributed by atoms with van der Waals surface area (Å²) in [5, 5.41) is 2.01. The molecule has 0 bridgehead atoms. The first-order valence-corrected chi connectivity index (χ1v) is 5.11. The summed E-state index contributed by atoms with van der Waals surface area (Å²) < 4.78 is 0. The van der Waals surface area contributed by atoms with E-state index in [-0.39, 0.29) is 0 Å². The molecule has 0 fully saturated rings. The lowest BCUT2D eigenvalue weighted by Crippen LogP contribution is -2.37. The molecule has 0 atom stereocenters. The van der Waals surface area contributed by atoms with Gasteiger partial charge in [0.2, 0.25) is 0 Å². The number of nitrogens with zero attached hydrogens (tertiary/aromatic N) is 2. The second-order valence-corrected chi connectivity index (χ2v) is 3.97. The molecule has 0 amide bonds. The van der Waals surface area contributed by atoms with Crippen LogP contribution in [0.15, 0.2) is 29.3 Å². The van der Waals surface area contributed by atoms with E-state index in [9.17, 15) is 0 Å². The van der Waals surface area contributed by atoms with Crippen LogP contribution in [0.25, 0.3) is 0 Å². The molecule has 0 spiro atoms. The monoisotopic (exact) mass is 204 g/mol. The van der Waals surface area contributed by atoms with Crippen molar-refractivity contribution in [3.05, 3.63) is 24.3 Å². The highest BCUT2D eigenvalue weighted by molar-refractivity contribution is 5.87. The van der Waals surface area contributed by atoms with Gasteiger partial charge in [0, 0.05) is 11.6 Å². The van der Waals surface area contributed by atoms with E-state index in [1.165, 1.54) is 0 Å². The number of rotatable bonds is 2. The number of nitrogen functional groups attached to an aromatic ring is 1. The van der Waals surface area contributed by atoms with Crippen LogP contribution in [0.5, 0.6) is 0 Å². The van der Waals surface area contributed by atoms with Crippen molar-refractivity contribution < 1.29 is 0 Å². The Morgan fingerprint density at radius 3 is 2.53 bits per heavy atom. The van der Waals surface area contributed by atoms with Gasteiger partial charge in [-0.05, 0) is 24.3 Å². The quantitative estimate of drug-likeness (QED) is 0.719. The van der Waals surface area contributed by atoms with E-state index in [1.54, 1.807) is 0 Å². The summed E-state index contributed by atoms with van der Waals surface area (Å²) in [7, 11) is 0. The van der Waals surface area contributed by atoms with Gasteiger partial charge in [0.1, 0.15) is 12.5 Å². The Hall–Kier alpha value is -1.71. The minimum atomic E-state index is 0.434. The first kappa shape index (κ1) is 9.83. The third kappa shape index (κ3) is 2.03. The summed E-state index contributed by atoms with van der Waals surface area (Å²) in [5.41, 5.74) is 10.8. The normalized spacial score (nSPS) is 15.4. The minimum absolute atomic E-state index is 0.434. The van der Waals surface area contributed by atoms with E-state index in [2.05, 4.69) is 24.3 Å². The number of hydrogen-bond donors (Lipinski definition) is 2. The predicted molar refractivity (Wildman–Crippen MR) is 63.6 cm³/mol. The van der Waals surface area contributed by atoms with E-state index in [0.717, 1.165) is 17.2 Å². The van der Waals surface area contributed by atoms with Crippen LogP contribution in [0, 0.1) is 5.92 Å². The second-order valence-electron chi connectivity index (χ2n) is 3.97. The highest BCUT2D eigenvalue weighted by Crippen LogP contribution is 2.17. The molecule has 4 heteroatoms. The molecule has 1 aliphatic heterocycles. The Labute approximate surface area is 89.8 Å². The lowest BCUT2D eigenvalue weighted by atomic mass is 10.2. The van der Waals surface area contributed by atoms with Gasteiger partial charge in [-0.3, -0.25) is 10.4 Å². The molecule has 0 aliphatic carbocycles. The van der Waals surface area contributed by atoms with Gasteiger partial charge >= 0.3 is 0 Å². The van der Waals surface area contributed by atoms with Gasteiger partial charge in [-0.15, -0.1) is 0 Å². The minimum Gasteiger partial charge on any atom is -0.399 e. The summed E-state index contributed by atoms with van der Waals surface area (Å²) in [6, 6.07) is 7.76. The van der Waals surface area contributed by atoms with Crippen molar-refractivity contribution in [3.63, 3.8) is 0 Å². The van der Waals surface area contributed by atoms with Gasteiger partial charge in [-0.1, -0.05) is 13.8 Å². The van der Waals surface area contributed by atoms with E-state index >= 15 is 0 Å². The summed E-state index contributed by atoms with van der Waals surface area (Å²) in [5.74, 6) is 1.47. The molecule has 0 aromatic heterocycles. The molecule has 1 aliphatic rings.